The van der Waals surface area contributed by atoms with E-state index in [9.17, 15) is 42.3 Å². The lowest BCUT2D eigenvalue weighted by atomic mass is 10.0. The van der Waals surface area contributed by atoms with Crippen LogP contribution in [0, 0.1) is 11.6 Å². The molecule has 8 N–H and O–H groups in total. The van der Waals surface area contributed by atoms with Gasteiger partial charge in [0.2, 0.25) is 29.5 Å². The van der Waals surface area contributed by atoms with Crippen LogP contribution in [0.25, 0.3) is 0 Å². The van der Waals surface area contributed by atoms with E-state index >= 15 is 0 Å². The van der Waals surface area contributed by atoms with Crippen LogP contribution in [0.1, 0.15) is 70.8 Å². The van der Waals surface area contributed by atoms with Gasteiger partial charge >= 0.3 is 6.03 Å². The summed E-state index contributed by atoms with van der Waals surface area (Å²) in [7, 11) is 3.29. The van der Waals surface area contributed by atoms with E-state index in [4.69, 9.17) is 0 Å². The second kappa shape index (κ2) is 28.2. The van der Waals surface area contributed by atoms with E-state index in [1.165, 1.54) is 6.92 Å². The van der Waals surface area contributed by atoms with E-state index in [1.807, 2.05) is 30.0 Å². The van der Waals surface area contributed by atoms with E-state index in [-0.39, 0.29) is 67.2 Å². The van der Waals surface area contributed by atoms with Crippen LogP contribution in [0.4, 0.5) is 13.6 Å². The van der Waals surface area contributed by atoms with Crippen LogP contribution in [0.5, 0.6) is 0 Å². The van der Waals surface area contributed by atoms with Crippen LogP contribution in [-0.2, 0) is 49.9 Å². The molecular formula is C51H60F2N8O7S3. The number of nitrogens with one attached hydrogen (secondary N) is 8. The number of hydrogen-bond acceptors (Lipinski definition) is 11. The number of ketones is 1. The van der Waals surface area contributed by atoms with E-state index in [0.717, 1.165) is 59.8 Å². The van der Waals surface area contributed by atoms with Crippen LogP contribution >= 0.6 is 33.3 Å². The number of carbonyl (C=O) groups excluding carboxylic acids is 7. The van der Waals surface area contributed by atoms with Crippen LogP contribution in [0.2, 0.25) is 0 Å². The van der Waals surface area contributed by atoms with Gasteiger partial charge in [0.25, 0.3) is 0 Å². The minimum absolute atomic E-state index is 0.0544. The van der Waals surface area contributed by atoms with E-state index in [1.54, 1.807) is 82.3 Å². The van der Waals surface area contributed by atoms with Gasteiger partial charge in [-0.05, 0) is 54.2 Å². The number of thioether (sulfide) groups is 1. The molecule has 6 rings (SSSR count). The first kappa shape index (κ1) is 54.4. The number of benzene rings is 4. The predicted octanol–water partition coefficient (Wildman–Crippen LogP) is 4.72. The highest BCUT2D eigenvalue weighted by Gasteiger charge is 2.42. The first-order valence-electron chi connectivity index (χ1n) is 23.6. The smallest absolute Gasteiger partial charge is 0.315 e. The Bertz CT molecular complexity index is 2440. The Morgan fingerprint density at radius 1 is 0.690 bits per heavy atom. The Balaban J connectivity index is 0.809. The zero-order valence-electron chi connectivity index (χ0n) is 39.4. The minimum atomic E-state index is -1.08. The SMILES string of the molecule is C[C@H](NC(=O)[C@H](Cc1ccccc1)NC(=O)Cc1cc(F)cc(F)c1)C(=O)NCc1ccc(C(=O)c2ccc(CNCC(=O)NCCSSCCNC(=O)CCCC[C@@H]3SC[C@@H]4NC(=O)N[C@@H]43)cc2)cc1. The molecule has 0 bridgehead atoms. The summed E-state index contributed by atoms with van der Waals surface area (Å²) in [5.74, 6) is -1.18. The molecule has 15 nitrogen and oxygen atoms in total. The summed E-state index contributed by atoms with van der Waals surface area (Å²) < 4.78 is 27.4. The average Bonchev–Trinajstić information content (AvgIpc) is 3.91. The van der Waals surface area contributed by atoms with Gasteiger partial charge in [0.1, 0.15) is 23.7 Å². The maximum atomic E-state index is 13.7. The fraction of sp³-hybridized carbons (Fsp3) is 0.392. The Hall–Kier alpha value is -5.96. The molecule has 0 aromatic heterocycles. The summed E-state index contributed by atoms with van der Waals surface area (Å²) >= 11 is 1.89. The van der Waals surface area contributed by atoms with Crippen molar-refractivity contribution >= 4 is 74.7 Å². The van der Waals surface area contributed by atoms with E-state index in [0.29, 0.717) is 54.1 Å². The molecule has 71 heavy (non-hydrogen) atoms. The summed E-state index contributed by atoms with van der Waals surface area (Å²) in [5.41, 5.74) is 3.42. The van der Waals surface area contributed by atoms with E-state index in [2.05, 4.69) is 42.5 Å². The highest BCUT2D eigenvalue weighted by atomic mass is 33.1. The van der Waals surface area contributed by atoms with Crippen molar-refractivity contribution < 1.29 is 42.3 Å². The fourth-order valence-corrected chi connectivity index (χ4v) is 11.3. The molecule has 378 valence electrons. The van der Waals surface area contributed by atoms with Gasteiger partial charge in [-0.3, -0.25) is 28.8 Å². The predicted molar refractivity (Wildman–Crippen MR) is 275 cm³/mol. The monoisotopic (exact) mass is 1030 g/mol. The lowest BCUT2D eigenvalue weighted by Crippen LogP contribution is -2.53. The van der Waals surface area contributed by atoms with Crippen molar-refractivity contribution in [2.45, 2.75) is 88.0 Å². The Kier molecular flexibility index (Phi) is 21.6. The number of fused-ring (bicyclic) bond motifs is 1. The van der Waals surface area contributed by atoms with Crippen molar-refractivity contribution in [3.05, 3.63) is 142 Å². The van der Waals surface area contributed by atoms with E-state index < -0.39 is 41.4 Å². The number of rotatable bonds is 28. The van der Waals surface area contributed by atoms with Crippen molar-refractivity contribution in [2.24, 2.45) is 0 Å². The molecule has 2 aliphatic heterocycles. The average molecular weight is 1030 g/mol. The molecule has 0 saturated carbocycles. The minimum Gasteiger partial charge on any atom is -0.355 e. The number of urea groups is 1. The van der Waals surface area contributed by atoms with Crippen molar-refractivity contribution in [1.82, 2.24) is 42.5 Å². The maximum Gasteiger partial charge on any atom is 0.315 e. The van der Waals surface area contributed by atoms with Gasteiger partial charge in [-0.25, -0.2) is 13.6 Å². The third-order valence-electron chi connectivity index (χ3n) is 11.7. The summed E-state index contributed by atoms with van der Waals surface area (Å²) in [5, 5.41) is 23.4. The zero-order chi connectivity index (χ0) is 50.5. The Morgan fingerprint density at radius 2 is 1.32 bits per heavy atom. The summed E-state index contributed by atoms with van der Waals surface area (Å²) in [6.45, 7) is 3.31. The second-order valence-electron chi connectivity index (χ2n) is 17.3. The lowest BCUT2D eigenvalue weighted by molar-refractivity contribution is -0.131. The molecule has 2 aliphatic rings. The molecule has 20 heteroatoms. The maximum absolute atomic E-state index is 13.7. The molecular weight excluding hydrogens is 971 g/mol. The summed E-state index contributed by atoms with van der Waals surface area (Å²) in [6, 6.07) is 23.9. The van der Waals surface area contributed by atoms with Crippen molar-refractivity contribution in [1.29, 1.82) is 0 Å². The summed E-state index contributed by atoms with van der Waals surface area (Å²) in [6.07, 6.45) is 3.02. The highest BCUT2D eigenvalue weighted by Crippen LogP contribution is 2.33. The number of carbonyl (C=O) groups is 7. The fourth-order valence-electron chi connectivity index (χ4n) is 7.97. The van der Waals surface area contributed by atoms with Crippen LogP contribution < -0.4 is 42.5 Å². The Labute approximate surface area is 424 Å². The van der Waals surface area contributed by atoms with Crippen LogP contribution in [0.3, 0.4) is 0 Å². The normalized spacial score (nSPS) is 16.7. The molecule has 2 heterocycles. The molecule has 2 fully saturated rings. The molecule has 0 aliphatic carbocycles. The molecule has 7 amide bonds. The molecule has 2 saturated heterocycles. The standard InChI is InChI=1S/C51H60F2N8O7S3/c1-32(58-50(67)41(25-33-7-3-2-4-8-33)59-45(63)26-36-23-39(52)27-40(53)24-36)49(66)57-29-35-13-17-38(18-14-35)48(65)37-15-11-34(12-16-37)28-54-30-46(64)56-20-22-71-70-21-19-55-44(62)10-6-5-9-43-47-42(31-69-43)60-51(68)61-47/h2-4,7-8,11-18,23-24,27,32,41-43,47,54H,5-6,9-10,19-22,25-26,28-31H2,1H3,(H,55,62)(H,56,64)(H,57,66)(H,58,67)(H,59,63)(H2,60,61,68)/t32-,41-,42-,43-,47-/m0/s1. The topological polar surface area (TPSA) is 216 Å². The van der Waals surface area contributed by atoms with Gasteiger partial charge in [-0.2, -0.15) is 11.8 Å². The van der Waals surface area contributed by atoms with Gasteiger partial charge in [0.05, 0.1) is 25.0 Å². The quantitative estimate of drug-likeness (QED) is 0.0169. The van der Waals surface area contributed by atoms with Crippen molar-refractivity contribution in [2.75, 3.05) is 36.9 Å². The third kappa shape index (κ3) is 18.3. The van der Waals surface area contributed by atoms with Crippen molar-refractivity contribution in [3.8, 4) is 0 Å². The van der Waals surface area contributed by atoms with Gasteiger partial charge in [0.15, 0.2) is 5.78 Å². The van der Waals surface area contributed by atoms with Gasteiger partial charge in [-0.15, -0.1) is 0 Å². The van der Waals surface area contributed by atoms with Crippen molar-refractivity contribution in [3.63, 3.8) is 0 Å². The molecule has 0 spiro atoms. The molecule has 4 aromatic carbocycles. The van der Waals surface area contributed by atoms with Gasteiger partial charge < -0.3 is 42.5 Å². The van der Waals surface area contributed by atoms with Gasteiger partial charge in [0, 0.05) is 78.7 Å². The Morgan fingerprint density at radius 3 is 1.99 bits per heavy atom. The number of amides is 7. The number of halogens is 2. The highest BCUT2D eigenvalue weighted by molar-refractivity contribution is 8.76. The molecule has 5 atom stereocenters. The second-order valence-corrected chi connectivity index (χ2v) is 21.2. The largest absolute Gasteiger partial charge is 0.355 e. The van der Waals surface area contributed by atoms with Crippen LogP contribution in [-0.4, -0.2) is 108 Å². The summed E-state index contributed by atoms with van der Waals surface area (Å²) in [4.78, 5) is 88.7. The van der Waals surface area contributed by atoms with Gasteiger partial charge in [-0.1, -0.05) is 107 Å². The number of unbranched alkanes of at least 4 members (excludes halogenated alkanes) is 1. The first-order chi connectivity index (χ1) is 34.3. The first-order valence-corrected chi connectivity index (χ1v) is 27.1. The third-order valence-corrected chi connectivity index (χ3v) is 15.6. The molecule has 4 aromatic rings. The molecule has 0 radical (unpaired) electrons. The lowest BCUT2D eigenvalue weighted by Gasteiger charge is -2.21. The number of hydrogen-bond donors (Lipinski definition) is 8. The molecule has 0 unspecified atom stereocenters. The zero-order valence-corrected chi connectivity index (χ0v) is 41.8. The van der Waals surface area contributed by atoms with Crippen LogP contribution in [0.15, 0.2) is 97.1 Å².